The molecule has 3 rings (SSSR count). The molecule has 146 valence electrons. The Bertz CT molecular complexity index is 1030. The van der Waals surface area contributed by atoms with E-state index >= 15 is 0 Å². The zero-order valence-corrected chi connectivity index (χ0v) is 17.3. The van der Waals surface area contributed by atoms with Gasteiger partial charge in [-0.3, -0.25) is 9.59 Å². The van der Waals surface area contributed by atoms with E-state index in [-0.39, 0.29) is 29.9 Å². The van der Waals surface area contributed by atoms with Crippen LogP contribution in [0.1, 0.15) is 16.3 Å². The smallest absolute Gasteiger partial charge is 0.243 e. The molecule has 3 aromatic rings. The van der Waals surface area contributed by atoms with E-state index in [0.29, 0.717) is 11.5 Å². The van der Waals surface area contributed by atoms with Crippen LogP contribution in [0.5, 0.6) is 0 Å². The molecule has 2 N–H and O–H groups in total. The third-order valence-electron chi connectivity index (χ3n) is 4.02. The molecule has 0 radical (unpaired) electrons. The van der Waals surface area contributed by atoms with Crippen LogP contribution < -0.4 is 10.6 Å². The number of hydrogen-bond acceptors (Lipinski definition) is 6. The van der Waals surface area contributed by atoms with Gasteiger partial charge in [0.2, 0.25) is 11.8 Å². The average Bonchev–Trinajstić information content (AvgIpc) is 2.93. The minimum Gasteiger partial charge on any atom is -0.346 e. The van der Waals surface area contributed by atoms with E-state index in [1.807, 2.05) is 20.8 Å². The SMILES string of the molecule is Cc1nc(SCC(=O)NCC(=O)Nc2ccc(F)cc2)c2c(C)c(C)sc2n1. The molecule has 1 aromatic carbocycles. The third-order valence-corrected chi connectivity index (χ3v) is 6.10. The van der Waals surface area contributed by atoms with Crippen molar-refractivity contribution < 1.29 is 14.0 Å². The minimum atomic E-state index is -0.381. The maximum Gasteiger partial charge on any atom is 0.243 e. The highest BCUT2D eigenvalue weighted by atomic mass is 32.2. The van der Waals surface area contributed by atoms with Crippen LogP contribution in [-0.4, -0.2) is 34.1 Å². The maximum atomic E-state index is 12.9. The summed E-state index contributed by atoms with van der Waals surface area (Å²) < 4.78 is 12.9. The lowest BCUT2D eigenvalue weighted by Crippen LogP contribution is -2.33. The number of thioether (sulfide) groups is 1. The largest absolute Gasteiger partial charge is 0.346 e. The van der Waals surface area contributed by atoms with E-state index < -0.39 is 0 Å². The monoisotopic (exact) mass is 418 g/mol. The molecule has 0 aliphatic rings. The van der Waals surface area contributed by atoms with Gasteiger partial charge in [0.15, 0.2) is 0 Å². The number of carbonyl (C=O) groups excluding carboxylic acids is 2. The Labute approximate surface area is 170 Å². The number of benzene rings is 1. The van der Waals surface area contributed by atoms with Crippen molar-refractivity contribution >= 4 is 50.8 Å². The fraction of sp³-hybridized carbons (Fsp3) is 0.263. The van der Waals surface area contributed by atoms with Gasteiger partial charge in [0.05, 0.1) is 12.3 Å². The Balaban J connectivity index is 1.55. The Morgan fingerprint density at radius 1 is 1.11 bits per heavy atom. The van der Waals surface area contributed by atoms with Crippen LogP contribution in [0, 0.1) is 26.6 Å². The minimum absolute atomic E-state index is 0.143. The van der Waals surface area contributed by atoms with Gasteiger partial charge in [-0.2, -0.15) is 0 Å². The summed E-state index contributed by atoms with van der Waals surface area (Å²) in [6.07, 6.45) is 0. The van der Waals surface area contributed by atoms with Gasteiger partial charge in [0, 0.05) is 16.0 Å². The van der Waals surface area contributed by atoms with Crippen LogP contribution in [-0.2, 0) is 9.59 Å². The Morgan fingerprint density at radius 3 is 2.54 bits per heavy atom. The third kappa shape index (κ3) is 4.85. The standard InChI is InChI=1S/C19H19FN4O2S2/c1-10-11(2)28-19-17(10)18(22-12(3)23-19)27-9-16(26)21-8-15(25)24-14-6-4-13(20)5-7-14/h4-7H,8-9H2,1-3H3,(H,21,26)(H,24,25). The lowest BCUT2D eigenvalue weighted by Gasteiger charge is -2.08. The number of anilines is 1. The molecule has 2 heterocycles. The summed E-state index contributed by atoms with van der Waals surface area (Å²) in [7, 11) is 0. The molecule has 0 spiro atoms. The quantitative estimate of drug-likeness (QED) is 0.472. The van der Waals surface area contributed by atoms with Gasteiger partial charge in [0.25, 0.3) is 0 Å². The Morgan fingerprint density at radius 2 is 1.82 bits per heavy atom. The lowest BCUT2D eigenvalue weighted by atomic mass is 10.2. The Kier molecular flexibility index (Phi) is 6.25. The first-order valence-corrected chi connectivity index (χ1v) is 10.3. The van der Waals surface area contributed by atoms with E-state index in [9.17, 15) is 14.0 Å². The number of halogens is 1. The summed E-state index contributed by atoms with van der Waals surface area (Å²) in [5, 5.41) is 6.93. The van der Waals surface area contributed by atoms with Crippen LogP contribution in [0.25, 0.3) is 10.2 Å². The second kappa shape index (κ2) is 8.66. The molecule has 0 unspecified atom stereocenters. The molecule has 28 heavy (non-hydrogen) atoms. The number of aromatic nitrogens is 2. The molecule has 6 nitrogen and oxygen atoms in total. The second-order valence-electron chi connectivity index (χ2n) is 6.16. The van der Waals surface area contributed by atoms with E-state index in [1.54, 1.807) is 11.3 Å². The molecule has 2 amide bonds. The molecule has 0 bridgehead atoms. The fourth-order valence-corrected chi connectivity index (χ4v) is 4.62. The highest BCUT2D eigenvalue weighted by molar-refractivity contribution is 8.00. The number of thiophene rings is 1. The van der Waals surface area contributed by atoms with Gasteiger partial charge < -0.3 is 10.6 Å². The summed E-state index contributed by atoms with van der Waals surface area (Å²) >= 11 is 2.94. The summed E-state index contributed by atoms with van der Waals surface area (Å²) in [4.78, 5) is 35.1. The first-order chi connectivity index (χ1) is 13.3. The highest BCUT2D eigenvalue weighted by Crippen LogP contribution is 2.34. The summed E-state index contributed by atoms with van der Waals surface area (Å²) in [5.41, 5.74) is 1.60. The highest BCUT2D eigenvalue weighted by Gasteiger charge is 2.15. The van der Waals surface area contributed by atoms with Crippen molar-refractivity contribution in [2.75, 3.05) is 17.6 Å². The number of hydrogen-bond donors (Lipinski definition) is 2. The molecular weight excluding hydrogens is 399 g/mol. The second-order valence-corrected chi connectivity index (χ2v) is 8.33. The predicted molar refractivity (Wildman–Crippen MR) is 110 cm³/mol. The van der Waals surface area contributed by atoms with Crippen LogP contribution in [0.3, 0.4) is 0 Å². The molecule has 0 saturated heterocycles. The van der Waals surface area contributed by atoms with Crippen molar-refractivity contribution in [3.63, 3.8) is 0 Å². The fourth-order valence-electron chi connectivity index (χ4n) is 2.52. The lowest BCUT2D eigenvalue weighted by molar-refractivity contribution is -0.122. The summed E-state index contributed by atoms with van der Waals surface area (Å²) in [6.45, 7) is 5.73. The number of nitrogens with one attached hydrogen (secondary N) is 2. The topological polar surface area (TPSA) is 84.0 Å². The molecule has 2 aromatic heterocycles. The van der Waals surface area contributed by atoms with Crippen molar-refractivity contribution in [1.29, 1.82) is 0 Å². The van der Waals surface area contributed by atoms with E-state index in [1.165, 1.54) is 40.9 Å². The predicted octanol–water partition coefficient (Wildman–Crippen LogP) is 3.60. The van der Waals surface area contributed by atoms with Crippen molar-refractivity contribution in [2.45, 2.75) is 25.8 Å². The molecule has 0 atom stereocenters. The number of fused-ring (bicyclic) bond motifs is 1. The van der Waals surface area contributed by atoms with Crippen LogP contribution in [0.2, 0.25) is 0 Å². The zero-order chi connectivity index (χ0) is 20.3. The van der Waals surface area contributed by atoms with Crippen molar-refractivity contribution in [1.82, 2.24) is 15.3 Å². The molecule has 0 saturated carbocycles. The number of rotatable bonds is 6. The molecular formula is C19H19FN4O2S2. The Hall–Kier alpha value is -2.52. The number of carbonyl (C=O) groups is 2. The average molecular weight is 419 g/mol. The van der Waals surface area contributed by atoms with Crippen molar-refractivity contribution in [2.24, 2.45) is 0 Å². The van der Waals surface area contributed by atoms with Gasteiger partial charge >= 0.3 is 0 Å². The van der Waals surface area contributed by atoms with Crippen LogP contribution in [0.15, 0.2) is 29.3 Å². The van der Waals surface area contributed by atoms with Gasteiger partial charge in [-0.25, -0.2) is 14.4 Å². The number of amides is 2. The van der Waals surface area contributed by atoms with Gasteiger partial charge in [-0.15, -0.1) is 11.3 Å². The maximum absolute atomic E-state index is 12.9. The van der Waals surface area contributed by atoms with Crippen LogP contribution in [0.4, 0.5) is 10.1 Å². The normalized spacial score (nSPS) is 10.9. The molecule has 0 aliphatic heterocycles. The van der Waals surface area contributed by atoms with E-state index in [4.69, 9.17) is 0 Å². The van der Waals surface area contributed by atoms with Crippen molar-refractivity contribution in [3.8, 4) is 0 Å². The summed E-state index contributed by atoms with van der Waals surface area (Å²) in [5.74, 6) is -0.226. The molecule has 0 fully saturated rings. The van der Waals surface area contributed by atoms with E-state index in [0.717, 1.165) is 20.8 Å². The first kappa shape index (κ1) is 20.2. The molecule has 0 aliphatic carbocycles. The number of aryl methyl sites for hydroxylation is 3. The first-order valence-electron chi connectivity index (χ1n) is 8.52. The number of nitrogens with zero attached hydrogens (tertiary/aromatic N) is 2. The van der Waals surface area contributed by atoms with Crippen LogP contribution >= 0.6 is 23.1 Å². The van der Waals surface area contributed by atoms with Gasteiger partial charge in [0.1, 0.15) is 21.5 Å². The summed E-state index contributed by atoms with van der Waals surface area (Å²) in [6, 6.07) is 5.42. The zero-order valence-electron chi connectivity index (χ0n) is 15.6. The van der Waals surface area contributed by atoms with Gasteiger partial charge in [-0.05, 0) is 50.6 Å². The van der Waals surface area contributed by atoms with E-state index in [2.05, 4.69) is 20.6 Å². The molecule has 9 heteroatoms. The van der Waals surface area contributed by atoms with Crippen molar-refractivity contribution in [3.05, 3.63) is 46.3 Å². The van der Waals surface area contributed by atoms with Gasteiger partial charge in [-0.1, -0.05) is 11.8 Å².